The number of nitrogens with zero attached hydrogens (tertiary/aromatic N) is 1. The fourth-order valence-corrected chi connectivity index (χ4v) is 1.88. The van der Waals surface area contributed by atoms with Crippen molar-refractivity contribution in [2.24, 2.45) is 7.05 Å². The van der Waals surface area contributed by atoms with Gasteiger partial charge in [-0.3, -0.25) is 4.79 Å². The molecule has 76 valence electrons. The van der Waals surface area contributed by atoms with Crippen molar-refractivity contribution in [3.8, 4) is 0 Å². The maximum absolute atomic E-state index is 11.4. The van der Waals surface area contributed by atoms with E-state index in [-0.39, 0.29) is 11.2 Å². The van der Waals surface area contributed by atoms with Gasteiger partial charge in [0.1, 0.15) is 0 Å². The summed E-state index contributed by atoms with van der Waals surface area (Å²) < 4.78 is 7.24. The third kappa shape index (κ3) is 1.48. The Hall–Kier alpha value is -1.09. The zero-order chi connectivity index (χ0) is 10.2. The molecule has 0 aliphatic carbocycles. The molecule has 1 unspecified atom stereocenters. The molecule has 2 rings (SSSR count). The number of pyridine rings is 1. The van der Waals surface area contributed by atoms with Crippen LogP contribution in [0.1, 0.15) is 25.3 Å². The summed E-state index contributed by atoms with van der Waals surface area (Å²) in [6, 6.07) is 3.64. The first kappa shape index (κ1) is 9.46. The molecular weight excluding hydrogens is 178 g/mol. The average molecular weight is 193 g/mol. The minimum atomic E-state index is -0.243. The van der Waals surface area contributed by atoms with Gasteiger partial charge in [-0.1, -0.05) is 0 Å². The van der Waals surface area contributed by atoms with E-state index in [4.69, 9.17) is 4.74 Å². The predicted molar refractivity (Wildman–Crippen MR) is 54.2 cm³/mol. The molecule has 0 amide bonds. The van der Waals surface area contributed by atoms with Gasteiger partial charge in [0.15, 0.2) is 0 Å². The Balaban J connectivity index is 2.41. The standard InChI is InChI=1S/C11H15NO2/c1-11(5-3-7-14-11)9-4-6-12(2)10(13)8-9/h4,6,8H,3,5,7H2,1-2H3. The molecule has 0 saturated carbocycles. The predicted octanol–water partition coefficient (Wildman–Crippen LogP) is 1.41. The molecule has 0 N–H and O–H groups in total. The van der Waals surface area contributed by atoms with Crippen molar-refractivity contribution >= 4 is 0 Å². The van der Waals surface area contributed by atoms with Crippen molar-refractivity contribution in [2.45, 2.75) is 25.4 Å². The number of aryl methyl sites for hydroxylation is 1. The van der Waals surface area contributed by atoms with Crippen LogP contribution in [0.5, 0.6) is 0 Å². The van der Waals surface area contributed by atoms with Gasteiger partial charge in [0.05, 0.1) is 5.60 Å². The Morgan fingerprint density at radius 2 is 2.36 bits per heavy atom. The van der Waals surface area contributed by atoms with Crippen LogP contribution in [0.4, 0.5) is 0 Å². The summed E-state index contributed by atoms with van der Waals surface area (Å²) in [5, 5.41) is 0. The summed E-state index contributed by atoms with van der Waals surface area (Å²) in [4.78, 5) is 11.4. The van der Waals surface area contributed by atoms with Crippen molar-refractivity contribution in [3.63, 3.8) is 0 Å². The summed E-state index contributed by atoms with van der Waals surface area (Å²) >= 11 is 0. The zero-order valence-corrected chi connectivity index (χ0v) is 8.62. The molecule has 3 heteroatoms. The second kappa shape index (κ2) is 3.24. The molecule has 1 aliphatic rings. The maximum atomic E-state index is 11.4. The van der Waals surface area contributed by atoms with Gasteiger partial charge < -0.3 is 9.30 Å². The zero-order valence-electron chi connectivity index (χ0n) is 8.62. The highest BCUT2D eigenvalue weighted by molar-refractivity contribution is 5.20. The van der Waals surface area contributed by atoms with Crippen LogP contribution in [-0.2, 0) is 17.4 Å². The van der Waals surface area contributed by atoms with Gasteiger partial charge in [-0.05, 0) is 31.4 Å². The molecule has 1 atom stereocenters. The molecule has 0 bridgehead atoms. The number of aromatic nitrogens is 1. The van der Waals surface area contributed by atoms with E-state index >= 15 is 0 Å². The fourth-order valence-electron chi connectivity index (χ4n) is 1.88. The van der Waals surface area contributed by atoms with Crippen LogP contribution >= 0.6 is 0 Å². The van der Waals surface area contributed by atoms with Crippen molar-refractivity contribution in [1.82, 2.24) is 4.57 Å². The molecule has 0 radical (unpaired) electrons. The quantitative estimate of drug-likeness (QED) is 0.675. The van der Waals surface area contributed by atoms with Gasteiger partial charge in [-0.15, -0.1) is 0 Å². The van der Waals surface area contributed by atoms with Crippen LogP contribution in [0, 0.1) is 0 Å². The van der Waals surface area contributed by atoms with E-state index in [1.165, 1.54) is 0 Å². The Labute approximate surface area is 83.3 Å². The van der Waals surface area contributed by atoms with Crippen molar-refractivity contribution < 1.29 is 4.74 Å². The fraction of sp³-hybridized carbons (Fsp3) is 0.545. The van der Waals surface area contributed by atoms with Crippen LogP contribution in [-0.4, -0.2) is 11.2 Å². The van der Waals surface area contributed by atoms with Crippen molar-refractivity contribution in [3.05, 3.63) is 34.2 Å². The van der Waals surface area contributed by atoms with Crippen molar-refractivity contribution in [1.29, 1.82) is 0 Å². The number of hydrogen-bond acceptors (Lipinski definition) is 2. The molecule has 1 fully saturated rings. The van der Waals surface area contributed by atoms with Gasteiger partial charge in [0.2, 0.25) is 0 Å². The van der Waals surface area contributed by atoms with E-state index in [1.54, 1.807) is 23.9 Å². The van der Waals surface area contributed by atoms with Gasteiger partial charge in [0.25, 0.3) is 5.56 Å². The number of rotatable bonds is 1. The highest BCUT2D eigenvalue weighted by atomic mass is 16.5. The van der Waals surface area contributed by atoms with E-state index in [1.807, 2.05) is 6.07 Å². The van der Waals surface area contributed by atoms with E-state index in [2.05, 4.69) is 6.92 Å². The first-order valence-corrected chi connectivity index (χ1v) is 4.93. The van der Waals surface area contributed by atoms with Crippen molar-refractivity contribution in [2.75, 3.05) is 6.61 Å². The Bertz CT molecular complexity index is 389. The lowest BCUT2D eigenvalue weighted by molar-refractivity contribution is 0.0166. The first-order chi connectivity index (χ1) is 6.62. The lowest BCUT2D eigenvalue weighted by atomic mass is 9.94. The van der Waals surface area contributed by atoms with E-state index < -0.39 is 0 Å². The third-order valence-corrected chi connectivity index (χ3v) is 2.93. The normalized spacial score (nSPS) is 26.7. The molecule has 1 aromatic rings. The largest absolute Gasteiger partial charge is 0.371 e. The van der Waals surface area contributed by atoms with Crippen LogP contribution in [0.2, 0.25) is 0 Å². The topological polar surface area (TPSA) is 31.2 Å². The van der Waals surface area contributed by atoms with E-state index in [0.29, 0.717) is 0 Å². The molecule has 1 aromatic heterocycles. The van der Waals surface area contributed by atoms with Gasteiger partial charge in [-0.25, -0.2) is 0 Å². The third-order valence-electron chi connectivity index (χ3n) is 2.93. The summed E-state index contributed by atoms with van der Waals surface area (Å²) in [5.74, 6) is 0. The first-order valence-electron chi connectivity index (χ1n) is 4.93. The van der Waals surface area contributed by atoms with Crippen LogP contribution in [0.3, 0.4) is 0 Å². The molecule has 2 heterocycles. The molecule has 3 nitrogen and oxygen atoms in total. The molecule has 1 saturated heterocycles. The highest BCUT2D eigenvalue weighted by Crippen LogP contribution is 2.34. The van der Waals surface area contributed by atoms with Crippen LogP contribution in [0.15, 0.2) is 23.1 Å². The minimum Gasteiger partial charge on any atom is -0.371 e. The number of ether oxygens (including phenoxy) is 1. The average Bonchev–Trinajstić information content (AvgIpc) is 2.58. The lowest BCUT2D eigenvalue weighted by Crippen LogP contribution is -2.24. The van der Waals surface area contributed by atoms with Crippen LogP contribution < -0.4 is 5.56 Å². The Morgan fingerprint density at radius 3 is 2.93 bits per heavy atom. The second-order valence-electron chi connectivity index (χ2n) is 4.05. The Morgan fingerprint density at radius 1 is 1.57 bits per heavy atom. The molecule has 1 aliphatic heterocycles. The highest BCUT2D eigenvalue weighted by Gasteiger charge is 2.31. The maximum Gasteiger partial charge on any atom is 0.250 e. The summed E-state index contributed by atoms with van der Waals surface area (Å²) in [6.07, 6.45) is 3.87. The van der Waals surface area contributed by atoms with E-state index in [0.717, 1.165) is 25.0 Å². The van der Waals surface area contributed by atoms with E-state index in [9.17, 15) is 4.79 Å². The second-order valence-corrected chi connectivity index (χ2v) is 4.05. The molecule has 14 heavy (non-hydrogen) atoms. The summed E-state index contributed by atoms with van der Waals surface area (Å²) in [7, 11) is 1.75. The van der Waals surface area contributed by atoms with Gasteiger partial charge >= 0.3 is 0 Å². The molecule has 0 spiro atoms. The summed E-state index contributed by atoms with van der Waals surface area (Å²) in [5.41, 5.74) is 0.783. The van der Waals surface area contributed by atoms with Crippen LogP contribution in [0.25, 0.3) is 0 Å². The smallest absolute Gasteiger partial charge is 0.250 e. The summed E-state index contributed by atoms with van der Waals surface area (Å²) in [6.45, 7) is 2.85. The minimum absolute atomic E-state index is 0.0271. The van der Waals surface area contributed by atoms with Gasteiger partial charge in [0, 0.05) is 25.9 Å². The number of hydrogen-bond donors (Lipinski definition) is 0. The molecular formula is C11H15NO2. The Kier molecular flexibility index (Phi) is 2.19. The lowest BCUT2D eigenvalue weighted by Gasteiger charge is -2.23. The van der Waals surface area contributed by atoms with Gasteiger partial charge in [-0.2, -0.15) is 0 Å². The SMILES string of the molecule is Cn1ccc(C2(C)CCCO2)cc1=O. The monoisotopic (exact) mass is 193 g/mol. The molecule has 0 aromatic carbocycles.